The second-order valence-corrected chi connectivity index (χ2v) is 6.60. The molecule has 2 aromatic rings. The number of aryl methyl sites for hydroxylation is 1. The Kier molecular flexibility index (Phi) is 4.09. The summed E-state index contributed by atoms with van der Waals surface area (Å²) in [5.41, 5.74) is 6.82. The maximum Gasteiger partial charge on any atom is 0.225 e. The van der Waals surface area contributed by atoms with E-state index in [0.717, 1.165) is 15.4 Å². The standard InChI is InChI=1S/C15H19N3OS/c1-10-9-17-14(20-10)15(2,3)18-13(19)8-11-4-6-12(16)7-5-11/h4-7,9H,8,16H2,1-3H3,(H,18,19). The Morgan fingerprint density at radius 2 is 2.00 bits per heavy atom. The normalized spacial score (nSPS) is 11.3. The highest BCUT2D eigenvalue weighted by atomic mass is 32.1. The van der Waals surface area contributed by atoms with E-state index in [-0.39, 0.29) is 5.91 Å². The molecular formula is C15H19N3OS. The van der Waals surface area contributed by atoms with Crippen LogP contribution in [0.15, 0.2) is 30.5 Å². The van der Waals surface area contributed by atoms with E-state index in [1.54, 1.807) is 23.5 Å². The predicted molar refractivity (Wildman–Crippen MR) is 82.6 cm³/mol. The van der Waals surface area contributed by atoms with Crippen LogP contribution < -0.4 is 11.1 Å². The third-order valence-corrected chi connectivity index (χ3v) is 4.19. The van der Waals surface area contributed by atoms with Gasteiger partial charge in [0.05, 0.1) is 12.0 Å². The minimum absolute atomic E-state index is 0.0207. The molecule has 0 saturated heterocycles. The number of anilines is 1. The van der Waals surface area contributed by atoms with Crippen LogP contribution in [0.4, 0.5) is 5.69 Å². The largest absolute Gasteiger partial charge is 0.399 e. The number of carbonyl (C=O) groups excluding carboxylic acids is 1. The Balaban J connectivity index is 2.02. The molecule has 106 valence electrons. The summed E-state index contributed by atoms with van der Waals surface area (Å²) in [5.74, 6) is -0.0207. The second kappa shape index (κ2) is 5.63. The molecule has 0 unspecified atom stereocenters. The lowest BCUT2D eigenvalue weighted by Gasteiger charge is -2.23. The molecule has 1 amide bonds. The average Bonchev–Trinajstić information content (AvgIpc) is 2.79. The van der Waals surface area contributed by atoms with Gasteiger partial charge in [0.1, 0.15) is 5.01 Å². The van der Waals surface area contributed by atoms with Gasteiger partial charge in [0.2, 0.25) is 5.91 Å². The van der Waals surface area contributed by atoms with Gasteiger partial charge in [-0.1, -0.05) is 12.1 Å². The number of nitrogens with two attached hydrogens (primary N) is 1. The molecule has 5 heteroatoms. The fourth-order valence-electron chi connectivity index (χ4n) is 1.91. The molecule has 20 heavy (non-hydrogen) atoms. The van der Waals surface area contributed by atoms with Gasteiger partial charge in [-0.05, 0) is 38.5 Å². The van der Waals surface area contributed by atoms with Crippen molar-refractivity contribution in [1.29, 1.82) is 0 Å². The van der Waals surface area contributed by atoms with Crippen molar-refractivity contribution in [2.45, 2.75) is 32.7 Å². The molecule has 0 aliphatic heterocycles. The highest BCUT2D eigenvalue weighted by Gasteiger charge is 2.25. The Hall–Kier alpha value is -1.88. The number of amides is 1. The van der Waals surface area contributed by atoms with E-state index in [4.69, 9.17) is 5.73 Å². The first-order valence-corrected chi connectivity index (χ1v) is 7.27. The summed E-state index contributed by atoms with van der Waals surface area (Å²) in [7, 11) is 0. The lowest BCUT2D eigenvalue weighted by Crippen LogP contribution is -2.41. The van der Waals surface area contributed by atoms with Gasteiger partial charge in [0.25, 0.3) is 0 Å². The van der Waals surface area contributed by atoms with Crippen molar-refractivity contribution in [3.05, 3.63) is 45.9 Å². The molecule has 0 atom stereocenters. The smallest absolute Gasteiger partial charge is 0.225 e. The van der Waals surface area contributed by atoms with E-state index >= 15 is 0 Å². The Morgan fingerprint density at radius 3 is 2.55 bits per heavy atom. The van der Waals surface area contributed by atoms with Crippen LogP contribution in [0.1, 0.15) is 29.3 Å². The number of hydrogen-bond donors (Lipinski definition) is 2. The summed E-state index contributed by atoms with van der Waals surface area (Å²) in [6.45, 7) is 5.94. The molecule has 2 rings (SSSR count). The summed E-state index contributed by atoms with van der Waals surface area (Å²) in [6.07, 6.45) is 2.17. The third kappa shape index (κ3) is 3.57. The molecular weight excluding hydrogens is 270 g/mol. The maximum atomic E-state index is 12.1. The number of aromatic nitrogens is 1. The second-order valence-electron chi connectivity index (χ2n) is 5.37. The lowest BCUT2D eigenvalue weighted by molar-refractivity contribution is -0.122. The molecule has 3 N–H and O–H groups in total. The quantitative estimate of drug-likeness (QED) is 0.850. The van der Waals surface area contributed by atoms with Crippen LogP contribution in [0, 0.1) is 6.92 Å². The average molecular weight is 289 g/mol. The number of nitrogen functional groups attached to an aromatic ring is 1. The maximum absolute atomic E-state index is 12.1. The van der Waals surface area contributed by atoms with Gasteiger partial charge in [-0.15, -0.1) is 11.3 Å². The van der Waals surface area contributed by atoms with Crippen molar-refractivity contribution in [3.63, 3.8) is 0 Å². The monoisotopic (exact) mass is 289 g/mol. The highest BCUT2D eigenvalue weighted by molar-refractivity contribution is 7.11. The summed E-state index contributed by atoms with van der Waals surface area (Å²) in [4.78, 5) is 17.6. The molecule has 0 bridgehead atoms. The molecule has 0 aliphatic carbocycles. The van der Waals surface area contributed by atoms with Crippen LogP contribution >= 0.6 is 11.3 Å². The zero-order valence-electron chi connectivity index (χ0n) is 11.9. The number of thiazole rings is 1. The van der Waals surface area contributed by atoms with Gasteiger partial charge in [-0.3, -0.25) is 4.79 Å². The van der Waals surface area contributed by atoms with E-state index in [2.05, 4.69) is 10.3 Å². The summed E-state index contributed by atoms with van der Waals surface area (Å²) in [6, 6.07) is 7.35. The van der Waals surface area contributed by atoms with Crippen molar-refractivity contribution >= 4 is 22.9 Å². The summed E-state index contributed by atoms with van der Waals surface area (Å²) < 4.78 is 0. The number of rotatable bonds is 4. The molecule has 1 aromatic carbocycles. The van der Waals surface area contributed by atoms with Gasteiger partial charge in [-0.2, -0.15) is 0 Å². The minimum atomic E-state index is -0.455. The Bertz CT molecular complexity index is 602. The molecule has 0 fully saturated rings. The first kappa shape index (κ1) is 14.5. The molecule has 4 nitrogen and oxygen atoms in total. The molecule has 0 aliphatic rings. The van der Waals surface area contributed by atoms with Crippen LogP contribution in [0.3, 0.4) is 0 Å². The van der Waals surface area contributed by atoms with E-state index in [9.17, 15) is 4.79 Å². The first-order valence-electron chi connectivity index (χ1n) is 6.45. The lowest BCUT2D eigenvalue weighted by atomic mass is 10.1. The van der Waals surface area contributed by atoms with Crippen LogP contribution in [0.25, 0.3) is 0 Å². The molecule has 0 saturated carbocycles. The van der Waals surface area contributed by atoms with Gasteiger partial charge in [-0.25, -0.2) is 4.98 Å². The number of carbonyl (C=O) groups is 1. The van der Waals surface area contributed by atoms with Crippen molar-refractivity contribution in [3.8, 4) is 0 Å². The van der Waals surface area contributed by atoms with E-state index in [0.29, 0.717) is 12.1 Å². The summed E-state index contributed by atoms with van der Waals surface area (Å²) >= 11 is 1.60. The van der Waals surface area contributed by atoms with E-state index < -0.39 is 5.54 Å². The minimum Gasteiger partial charge on any atom is -0.399 e. The van der Waals surface area contributed by atoms with Crippen LogP contribution in [0.2, 0.25) is 0 Å². The fraction of sp³-hybridized carbons (Fsp3) is 0.333. The van der Waals surface area contributed by atoms with Crippen molar-refractivity contribution in [2.24, 2.45) is 0 Å². The number of nitrogens with one attached hydrogen (secondary N) is 1. The molecule has 0 spiro atoms. The SMILES string of the molecule is Cc1cnc(C(C)(C)NC(=O)Cc2ccc(N)cc2)s1. The topological polar surface area (TPSA) is 68.0 Å². The fourth-order valence-corrected chi connectivity index (χ4v) is 2.73. The third-order valence-electron chi connectivity index (χ3n) is 2.95. The molecule has 1 heterocycles. The van der Waals surface area contributed by atoms with Gasteiger partial charge in [0, 0.05) is 16.8 Å². The number of nitrogens with zero attached hydrogens (tertiary/aromatic N) is 1. The highest BCUT2D eigenvalue weighted by Crippen LogP contribution is 2.24. The van der Waals surface area contributed by atoms with Crippen LogP contribution in [-0.2, 0) is 16.8 Å². The van der Waals surface area contributed by atoms with Crippen molar-refractivity contribution < 1.29 is 4.79 Å². The Labute approximate surface area is 123 Å². The zero-order chi connectivity index (χ0) is 14.8. The van der Waals surface area contributed by atoms with E-state index in [1.165, 1.54) is 0 Å². The van der Waals surface area contributed by atoms with E-state index in [1.807, 2.05) is 39.1 Å². The van der Waals surface area contributed by atoms with Gasteiger partial charge >= 0.3 is 0 Å². The zero-order valence-corrected chi connectivity index (χ0v) is 12.8. The number of benzene rings is 1. The first-order chi connectivity index (χ1) is 9.37. The number of hydrogen-bond acceptors (Lipinski definition) is 4. The van der Waals surface area contributed by atoms with Gasteiger partial charge < -0.3 is 11.1 Å². The molecule has 1 aromatic heterocycles. The Morgan fingerprint density at radius 1 is 1.35 bits per heavy atom. The van der Waals surface area contributed by atoms with Crippen LogP contribution in [-0.4, -0.2) is 10.9 Å². The molecule has 0 radical (unpaired) electrons. The van der Waals surface area contributed by atoms with Crippen LogP contribution in [0.5, 0.6) is 0 Å². The van der Waals surface area contributed by atoms with Gasteiger partial charge in [0.15, 0.2) is 0 Å². The summed E-state index contributed by atoms with van der Waals surface area (Å²) in [5, 5.41) is 3.94. The van der Waals surface area contributed by atoms with Crippen molar-refractivity contribution in [1.82, 2.24) is 10.3 Å². The predicted octanol–water partition coefficient (Wildman–Crippen LogP) is 2.63. The van der Waals surface area contributed by atoms with Crippen molar-refractivity contribution in [2.75, 3.05) is 5.73 Å².